The third-order valence-corrected chi connectivity index (χ3v) is 9.21. The second-order valence-corrected chi connectivity index (χ2v) is 11.7. The van der Waals surface area contributed by atoms with Gasteiger partial charge in [0.05, 0.1) is 5.52 Å². The molecule has 1 saturated carbocycles. The monoisotopic (exact) mass is 509 g/mol. The molecule has 2 atom stereocenters. The van der Waals surface area contributed by atoms with Crippen molar-refractivity contribution in [1.29, 1.82) is 0 Å². The number of benzene rings is 2. The summed E-state index contributed by atoms with van der Waals surface area (Å²) in [5.41, 5.74) is 6.33. The summed E-state index contributed by atoms with van der Waals surface area (Å²) >= 11 is 0. The van der Waals surface area contributed by atoms with Crippen molar-refractivity contribution in [2.75, 3.05) is 6.54 Å². The summed E-state index contributed by atoms with van der Waals surface area (Å²) in [6, 6.07) is 17.5. The highest BCUT2D eigenvalue weighted by Crippen LogP contribution is 2.53. The Kier molecular flexibility index (Phi) is 7.05. The molecule has 2 aliphatic heterocycles. The number of carbonyl (C=O) groups is 2. The van der Waals surface area contributed by atoms with Gasteiger partial charge in [-0.2, -0.15) is 0 Å². The van der Waals surface area contributed by atoms with Gasteiger partial charge in [0.15, 0.2) is 5.78 Å². The van der Waals surface area contributed by atoms with Crippen LogP contribution in [0.1, 0.15) is 114 Å². The average Bonchev–Trinajstić information content (AvgIpc) is 3.48. The van der Waals surface area contributed by atoms with Crippen molar-refractivity contribution in [2.45, 2.75) is 89.8 Å². The number of ketones is 1. The van der Waals surface area contributed by atoms with Crippen LogP contribution in [0.2, 0.25) is 0 Å². The molecule has 0 spiro atoms. The van der Waals surface area contributed by atoms with Crippen LogP contribution in [0.4, 0.5) is 0 Å². The van der Waals surface area contributed by atoms with E-state index >= 15 is 0 Å². The van der Waals surface area contributed by atoms with Crippen LogP contribution in [0.25, 0.3) is 10.9 Å². The molecule has 0 unspecified atom stereocenters. The summed E-state index contributed by atoms with van der Waals surface area (Å²) < 4.78 is 0. The Balaban J connectivity index is 1.02. The molecule has 1 amide bonds. The van der Waals surface area contributed by atoms with Crippen molar-refractivity contribution >= 4 is 22.6 Å². The number of nitrogens with zero attached hydrogens (tertiary/aromatic N) is 2. The standard InChI is InChI=1S/C33H39N3O2/c1-3-5-32(37)23-11-15-26-28(20-23)31-17-16-30(26)36(31)19-18-22-9-12-24(13-10-22)35-33(38)27-6-4-7-29-25(27)14-8-21(2)34-29/h4,6-8,11,14-15,20,22,24,30-31H,3,5,9-10,12-13,16-19H2,1-2H3,(H,35,38)/t22?,24?,30-,31+/m0/s1. The summed E-state index contributed by atoms with van der Waals surface area (Å²) in [5, 5.41) is 4.24. The van der Waals surface area contributed by atoms with Gasteiger partial charge < -0.3 is 5.32 Å². The third-order valence-electron chi connectivity index (χ3n) is 9.21. The summed E-state index contributed by atoms with van der Waals surface area (Å²) in [7, 11) is 0. The second-order valence-electron chi connectivity index (χ2n) is 11.7. The number of Topliss-reactive ketones (excluding diaryl/α,β-unsaturated/α-hetero) is 1. The van der Waals surface area contributed by atoms with Gasteiger partial charge in [0.2, 0.25) is 0 Å². The van der Waals surface area contributed by atoms with E-state index in [0.717, 1.165) is 59.4 Å². The van der Waals surface area contributed by atoms with Gasteiger partial charge >= 0.3 is 0 Å². The molecule has 1 saturated heterocycles. The Labute approximate surface area is 226 Å². The predicted molar refractivity (Wildman–Crippen MR) is 151 cm³/mol. The fourth-order valence-corrected chi connectivity index (χ4v) is 7.20. The first kappa shape index (κ1) is 25.2. The minimum atomic E-state index is 0.0212. The fourth-order valence-electron chi connectivity index (χ4n) is 7.20. The lowest BCUT2D eigenvalue weighted by molar-refractivity contribution is 0.0919. The molecule has 1 aliphatic carbocycles. The molecule has 0 radical (unpaired) electrons. The number of nitrogens with one attached hydrogen (secondary N) is 1. The number of carbonyl (C=O) groups excluding carboxylic acids is 2. The van der Waals surface area contributed by atoms with Crippen molar-refractivity contribution in [3.05, 3.63) is 76.5 Å². The van der Waals surface area contributed by atoms with E-state index < -0.39 is 0 Å². The van der Waals surface area contributed by atoms with Crippen molar-refractivity contribution in [3.63, 3.8) is 0 Å². The van der Waals surface area contributed by atoms with Crippen LogP contribution in [0.3, 0.4) is 0 Å². The van der Waals surface area contributed by atoms with Crippen LogP contribution < -0.4 is 5.32 Å². The van der Waals surface area contributed by atoms with Crippen molar-refractivity contribution < 1.29 is 9.59 Å². The average molecular weight is 510 g/mol. The Morgan fingerprint density at radius 1 is 0.947 bits per heavy atom. The van der Waals surface area contributed by atoms with E-state index in [-0.39, 0.29) is 17.7 Å². The highest BCUT2D eigenvalue weighted by Gasteiger charge is 2.43. The maximum Gasteiger partial charge on any atom is 0.252 e. The van der Waals surface area contributed by atoms with Gasteiger partial charge in [-0.1, -0.05) is 31.2 Å². The minimum Gasteiger partial charge on any atom is -0.349 e. The number of aryl methyl sites for hydroxylation is 1. The van der Waals surface area contributed by atoms with Crippen molar-refractivity contribution in [3.8, 4) is 0 Å². The first-order valence-electron chi connectivity index (χ1n) is 14.6. The first-order valence-corrected chi connectivity index (χ1v) is 14.6. The molecule has 198 valence electrons. The van der Waals surface area contributed by atoms with Gasteiger partial charge in [-0.05, 0) is 106 Å². The number of aromatic nitrogens is 1. The molecule has 3 aliphatic rings. The number of hydrogen-bond donors (Lipinski definition) is 1. The van der Waals surface area contributed by atoms with Gasteiger partial charge in [-0.15, -0.1) is 0 Å². The lowest BCUT2D eigenvalue weighted by atomic mass is 9.84. The third kappa shape index (κ3) is 4.77. The Morgan fingerprint density at radius 2 is 1.74 bits per heavy atom. The molecule has 3 heterocycles. The predicted octanol–water partition coefficient (Wildman–Crippen LogP) is 7.10. The van der Waals surface area contributed by atoms with Crippen LogP contribution in [-0.4, -0.2) is 34.2 Å². The normalized spacial score (nSPS) is 24.5. The zero-order valence-electron chi connectivity index (χ0n) is 22.7. The van der Waals surface area contributed by atoms with E-state index in [9.17, 15) is 9.59 Å². The van der Waals surface area contributed by atoms with E-state index in [1.807, 2.05) is 37.3 Å². The van der Waals surface area contributed by atoms with Crippen LogP contribution in [0.5, 0.6) is 0 Å². The number of pyridine rings is 1. The molecule has 3 aromatic rings. The fraction of sp³-hybridized carbons (Fsp3) is 0.485. The maximum absolute atomic E-state index is 13.1. The molecule has 38 heavy (non-hydrogen) atoms. The molecule has 2 aromatic carbocycles. The largest absolute Gasteiger partial charge is 0.349 e. The number of hydrogen-bond acceptors (Lipinski definition) is 4. The maximum atomic E-state index is 13.1. The zero-order chi connectivity index (χ0) is 26.2. The number of rotatable bonds is 8. The van der Waals surface area contributed by atoms with Crippen molar-refractivity contribution in [1.82, 2.24) is 15.2 Å². The minimum absolute atomic E-state index is 0.0212. The summed E-state index contributed by atoms with van der Waals surface area (Å²) in [4.78, 5) is 32.9. The quantitative estimate of drug-likeness (QED) is 0.329. The smallest absolute Gasteiger partial charge is 0.252 e. The topological polar surface area (TPSA) is 62.3 Å². The van der Waals surface area contributed by atoms with Crippen LogP contribution >= 0.6 is 0 Å². The molecule has 5 heteroatoms. The summed E-state index contributed by atoms with van der Waals surface area (Å²) in [6.45, 7) is 5.18. The van der Waals surface area contributed by atoms with Crippen molar-refractivity contribution in [2.24, 2.45) is 5.92 Å². The van der Waals surface area contributed by atoms with Crippen LogP contribution in [-0.2, 0) is 0 Å². The summed E-state index contributed by atoms with van der Waals surface area (Å²) in [5.74, 6) is 1.02. The molecule has 5 nitrogen and oxygen atoms in total. The van der Waals surface area contributed by atoms with E-state index in [1.54, 1.807) is 0 Å². The molecular formula is C33H39N3O2. The second kappa shape index (κ2) is 10.6. The lowest BCUT2D eigenvalue weighted by Gasteiger charge is -2.31. The van der Waals surface area contributed by atoms with Crippen LogP contribution in [0.15, 0.2) is 48.5 Å². The Morgan fingerprint density at radius 3 is 2.53 bits per heavy atom. The van der Waals surface area contributed by atoms with Gasteiger partial charge in [0.25, 0.3) is 5.91 Å². The van der Waals surface area contributed by atoms with Gasteiger partial charge in [-0.25, -0.2) is 0 Å². The van der Waals surface area contributed by atoms with Gasteiger partial charge in [0, 0.05) is 46.8 Å². The first-order chi connectivity index (χ1) is 18.5. The highest BCUT2D eigenvalue weighted by molar-refractivity contribution is 6.06. The molecule has 2 fully saturated rings. The summed E-state index contributed by atoms with van der Waals surface area (Å²) in [6.07, 6.45) is 9.66. The highest BCUT2D eigenvalue weighted by atomic mass is 16.1. The number of amides is 1. The molecular weight excluding hydrogens is 470 g/mol. The SMILES string of the molecule is CCCC(=O)c1ccc2c(c1)[C@H]1CC[C@@H]2N1CCC1CCC(NC(=O)c2cccc3nc(C)ccc23)CC1. The number of fused-ring (bicyclic) bond motifs is 6. The van der Waals surface area contributed by atoms with Gasteiger partial charge in [0.1, 0.15) is 0 Å². The Bertz CT molecular complexity index is 1360. The molecule has 1 N–H and O–H groups in total. The van der Waals surface area contributed by atoms with E-state index in [0.29, 0.717) is 18.5 Å². The van der Waals surface area contributed by atoms with E-state index in [1.165, 1.54) is 43.2 Å². The van der Waals surface area contributed by atoms with Crippen LogP contribution in [0, 0.1) is 12.8 Å². The zero-order valence-corrected chi connectivity index (χ0v) is 22.7. The Hall–Kier alpha value is -3.05. The molecule has 1 aromatic heterocycles. The van der Waals surface area contributed by atoms with E-state index in [4.69, 9.17) is 0 Å². The van der Waals surface area contributed by atoms with Gasteiger partial charge in [-0.3, -0.25) is 19.5 Å². The molecule has 6 rings (SSSR count). The molecule has 2 bridgehead atoms. The lowest BCUT2D eigenvalue weighted by Crippen LogP contribution is -2.38. The van der Waals surface area contributed by atoms with E-state index in [2.05, 4.69) is 40.3 Å².